The van der Waals surface area contributed by atoms with Gasteiger partial charge in [-0.15, -0.1) is 0 Å². The highest BCUT2D eigenvalue weighted by molar-refractivity contribution is 6.18. The molecule has 0 spiro atoms. The van der Waals surface area contributed by atoms with Gasteiger partial charge in [-0.1, -0.05) is 43.0 Å². The third-order valence-electron chi connectivity index (χ3n) is 5.83. The van der Waals surface area contributed by atoms with Crippen LogP contribution in [0.5, 0.6) is 0 Å². The Morgan fingerprint density at radius 3 is 2.62 bits per heavy atom. The van der Waals surface area contributed by atoms with E-state index >= 15 is 0 Å². The lowest BCUT2D eigenvalue weighted by Gasteiger charge is -2.51. The van der Waals surface area contributed by atoms with Crippen LogP contribution in [0.25, 0.3) is 5.57 Å². The lowest BCUT2D eigenvalue weighted by Crippen LogP contribution is -2.64. The molecule has 3 saturated heterocycles. The van der Waals surface area contributed by atoms with Gasteiger partial charge in [-0.05, 0) is 55.5 Å². The quantitative estimate of drug-likeness (QED) is 0.846. The Morgan fingerprint density at radius 1 is 1.15 bits per heavy atom. The Morgan fingerprint density at radius 2 is 1.92 bits per heavy atom. The van der Waals surface area contributed by atoms with Crippen LogP contribution < -0.4 is 5.32 Å². The summed E-state index contributed by atoms with van der Waals surface area (Å²) in [5.74, 6) is 0.500. The maximum atomic E-state index is 12.8. The van der Waals surface area contributed by atoms with E-state index in [-0.39, 0.29) is 11.9 Å². The summed E-state index contributed by atoms with van der Waals surface area (Å²) in [4.78, 5) is 19.6. The van der Waals surface area contributed by atoms with E-state index in [0.29, 0.717) is 17.5 Å². The second-order valence-corrected chi connectivity index (χ2v) is 7.35. The number of rotatable bonds is 5. The van der Waals surface area contributed by atoms with Crippen molar-refractivity contribution in [1.82, 2.24) is 15.2 Å². The van der Waals surface area contributed by atoms with E-state index in [4.69, 9.17) is 0 Å². The predicted octanol–water partition coefficient (Wildman–Crippen LogP) is 2.92. The summed E-state index contributed by atoms with van der Waals surface area (Å²) in [6, 6.07) is 14.3. The normalized spacial score (nSPS) is 27.1. The van der Waals surface area contributed by atoms with Gasteiger partial charge in [-0.2, -0.15) is 0 Å². The zero-order valence-electron chi connectivity index (χ0n) is 15.0. The van der Waals surface area contributed by atoms with E-state index in [9.17, 15) is 4.79 Å². The average Bonchev–Trinajstić information content (AvgIpc) is 2.71. The molecule has 1 N–H and O–H groups in total. The number of benzene rings is 1. The van der Waals surface area contributed by atoms with Crippen LogP contribution in [0.3, 0.4) is 0 Å². The number of hydrogen-bond donors (Lipinski definition) is 1. The van der Waals surface area contributed by atoms with Crippen LogP contribution in [-0.4, -0.2) is 41.0 Å². The fourth-order valence-corrected chi connectivity index (χ4v) is 4.39. The highest BCUT2D eigenvalue weighted by atomic mass is 16.1. The number of aromatic nitrogens is 1. The molecule has 2 unspecified atom stereocenters. The van der Waals surface area contributed by atoms with Gasteiger partial charge >= 0.3 is 0 Å². The maximum Gasteiger partial charge on any atom is 0.251 e. The molecule has 2 aromatic rings. The van der Waals surface area contributed by atoms with Gasteiger partial charge < -0.3 is 5.32 Å². The fourth-order valence-electron chi connectivity index (χ4n) is 4.39. The minimum Gasteiger partial charge on any atom is -0.347 e. The second-order valence-electron chi connectivity index (χ2n) is 7.35. The minimum atomic E-state index is -0.0499. The summed E-state index contributed by atoms with van der Waals surface area (Å²) in [5, 5.41) is 3.32. The van der Waals surface area contributed by atoms with E-state index in [1.54, 1.807) is 6.20 Å². The fraction of sp³-hybridized carbons (Fsp3) is 0.364. The molecule has 1 aromatic heterocycles. The molecule has 134 valence electrons. The van der Waals surface area contributed by atoms with Crippen LogP contribution in [0.4, 0.5) is 0 Å². The van der Waals surface area contributed by atoms with Crippen LogP contribution in [0.2, 0.25) is 0 Å². The number of carbonyl (C=O) groups excluding carboxylic acids is 1. The summed E-state index contributed by atoms with van der Waals surface area (Å²) in [5.41, 5.74) is 2.66. The van der Waals surface area contributed by atoms with Crippen molar-refractivity contribution in [1.29, 1.82) is 0 Å². The molecule has 2 bridgehead atoms. The van der Waals surface area contributed by atoms with Crippen molar-refractivity contribution >= 4 is 11.5 Å². The van der Waals surface area contributed by atoms with Crippen LogP contribution >= 0.6 is 0 Å². The first-order chi connectivity index (χ1) is 12.7. The van der Waals surface area contributed by atoms with Crippen molar-refractivity contribution in [2.24, 2.45) is 5.92 Å². The van der Waals surface area contributed by atoms with E-state index in [0.717, 1.165) is 37.9 Å². The number of fused-ring (bicyclic) bond motifs is 3. The maximum absolute atomic E-state index is 12.8. The second kappa shape index (κ2) is 7.42. The molecule has 4 heteroatoms. The molecule has 1 aromatic carbocycles. The molecule has 0 saturated carbocycles. The van der Waals surface area contributed by atoms with E-state index in [1.165, 1.54) is 5.56 Å². The first kappa shape index (κ1) is 17.0. The van der Waals surface area contributed by atoms with Gasteiger partial charge in [0.15, 0.2) is 0 Å². The standard InChI is InChI=1S/C22H25N3O/c1-16(18-7-3-2-4-8-18)22(26)24-21-19-9-12-25(13-10-19)20(21)14-17-6-5-11-23-15-17/h2-8,11,15,19-21H,1,9-10,12-14H2,(H,24,26). The molecule has 3 aliphatic rings. The highest BCUT2D eigenvalue weighted by Crippen LogP contribution is 2.34. The molecular formula is C22H25N3O. The number of nitrogens with zero attached hydrogens (tertiary/aromatic N) is 2. The lowest BCUT2D eigenvalue weighted by molar-refractivity contribution is -0.118. The molecular weight excluding hydrogens is 322 g/mol. The molecule has 4 heterocycles. The topological polar surface area (TPSA) is 45.2 Å². The van der Waals surface area contributed by atoms with Gasteiger partial charge in [0.25, 0.3) is 5.91 Å². The molecule has 3 aliphatic heterocycles. The van der Waals surface area contributed by atoms with Gasteiger partial charge in [0.2, 0.25) is 0 Å². The molecule has 26 heavy (non-hydrogen) atoms. The van der Waals surface area contributed by atoms with E-state index in [2.05, 4.69) is 27.8 Å². The van der Waals surface area contributed by atoms with Crippen LogP contribution in [0, 0.1) is 5.92 Å². The smallest absolute Gasteiger partial charge is 0.251 e. The average molecular weight is 347 g/mol. The Hall–Kier alpha value is -2.46. The zero-order valence-corrected chi connectivity index (χ0v) is 15.0. The summed E-state index contributed by atoms with van der Waals surface area (Å²) in [7, 11) is 0. The number of hydrogen-bond acceptors (Lipinski definition) is 3. The monoisotopic (exact) mass is 347 g/mol. The zero-order chi connectivity index (χ0) is 17.9. The molecule has 0 aliphatic carbocycles. The summed E-state index contributed by atoms with van der Waals surface area (Å²) < 4.78 is 0. The van der Waals surface area contributed by atoms with Crippen molar-refractivity contribution in [3.63, 3.8) is 0 Å². The van der Waals surface area contributed by atoms with Crippen molar-refractivity contribution < 1.29 is 4.79 Å². The first-order valence-corrected chi connectivity index (χ1v) is 9.40. The number of nitrogens with one attached hydrogen (secondary N) is 1. The van der Waals surface area contributed by atoms with Crippen LogP contribution in [-0.2, 0) is 11.2 Å². The predicted molar refractivity (Wildman–Crippen MR) is 103 cm³/mol. The molecule has 1 amide bonds. The largest absolute Gasteiger partial charge is 0.347 e. The third-order valence-corrected chi connectivity index (χ3v) is 5.83. The number of amides is 1. The molecule has 4 nitrogen and oxygen atoms in total. The third kappa shape index (κ3) is 3.42. The summed E-state index contributed by atoms with van der Waals surface area (Å²) in [6.45, 7) is 6.28. The van der Waals surface area contributed by atoms with E-state index in [1.807, 2.05) is 42.6 Å². The SMILES string of the molecule is C=C(C(=O)NC1C2CCN(CC2)C1Cc1cccnc1)c1ccccc1. The highest BCUT2D eigenvalue weighted by Gasteiger charge is 2.42. The summed E-state index contributed by atoms with van der Waals surface area (Å²) >= 11 is 0. The van der Waals surface area contributed by atoms with Crippen molar-refractivity contribution in [3.8, 4) is 0 Å². The Balaban J connectivity index is 1.51. The van der Waals surface area contributed by atoms with Crippen LogP contribution in [0.15, 0.2) is 61.4 Å². The van der Waals surface area contributed by atoms with Gasteiger partial charge in [-0.25, -0.2) is 0 Å². The first-order valence-electron chi connectivity index (χ1n) is 9.40. The summed E-state index contributed by atoms with van der Waals surface area (Å²) in [6.07, 6.45) is 6.98. The van der Waals surface area contributed by atoms with Gasteiger partial charge in [0.05, 0.1) is 0 Å². The van der Waals surface area contributed by atoms with Gasteiger partial charge in [-0.3, -0.25) is 14.7 Å². The Labute approximate surface area is 154 Å². The van der Waals surface area contributed by atoms with Gasteiger partial charge in [0, 0.05) is 30.1 Å². The minimum absolute atomic E-state index is 0.0499. The van der Waals surface area contributed by atoms with E-state index < -0.39 is 0 Å². The lowest BCUT2D eigenvalue weighted by atomic mass is 9.76. The molecule has 2 atom stereocenters. The van der Waals surface area contributed by atoms with Crippen molar-refractivity contribution in [2.75, 3.05) is 13.1 Å². The van der Waals surface area contributed by atoms with Crippen LogP contribution in [0.1, 0.15) is 24.0 Å². The number of pyridine rings is 1. The van der Waals surface area contributed by atoms with Gasteiger partial charge in [0.1, 0.15) is 0 Å². The van der Waals surface area contributed by atoms with Crippen molar-refractivity contribution in [2.45, 2.75) is 31.3 Å². The molecule has 3 fully saturated rings. The molecule has 5 rings (SSSR count). The van der Waals surface area contributed by atoms with Crippen molar-refractivity contribution in [3.05, 3.63) is 72.6 Å². The Kier molecular flexibility index (Phi) is 4.85. The molecule has 0 radical (unpaired) electrons. The number of carbonyl (C=O) groups is 1. The Bertz CT molecular complexity index is 766. The number of piperidine rings is 3.